The van der Waals surface area contributed by atoms with E-state index in [4.69, 9.17) is 4.42 Å². The Morgan fingerprint density at radius 2 is 2.04 bits per heavy atom. The Balaban J connectivity index is 2.23. The van der Waals surface area contributed by atoms with Gasteiger partial charge in [0.2, 0.25) is 0 Å². The monoisotopic (exact) mass is 364 g/mol. The van der Waals surface area contributed by atoms with Crippen LogP contribution in [0.3, 0.4) is 0 Å². The van der Waals surface area contributed by atoms with E-state index in [9.17, 15) is 9.59 Å². The number of hydrogen-bond acceptors (Lipinski definition) is 6. The molecule has 136 valence electrons. The minimum absolute atomic E-state index is 0.0656. The Labute approximate surface area is 151 Å². The normalized spacial score (nSPS) is 12.3. The minimum Gasteiger partial charge on any atom is -0.469 e. The topological polar surface area (TPSA) is 72.6 Å². The van der Waals surface area contributed by atoms with E-state index in [0.29, 0.717) is 17.2 Å². The van der Waals surface area contributed by atoms with Crippen molar-refractivity contribution in [2.45, 2.75) is 46.1 Å². The third-order valence-electron chi connectivity index (χ3n) is 4.13. The van der Waals surface area contributed by atoms with E-state index in [0.717, 1.165) is 15.6 Å². The van der Waals surface area contributed by atoms with E-state index in [2.05, 4.69) is 23.6 Å². The van der Waals surface area contributed by atoms with Crippen molar-refractivity contribution < 1.29 is 18.7 Å². The summed E-state index contributed by atoms with van der Waals surface area (Å²) in [7, 11) is 3.05. The van der Waals surface area contributed by atoms with Gasteiger partial charge in [0.15, 0.2) is 0 Å². The van der Waals surface area contributed by atoms with Gasteiger partial charge in [0.05, 0.1) is 35.7 Å². The molecule has 2 rings (SSSR count). The highest BCUT2D eigenvalue weighted by molar-refractivity contribution is 7.11. The van der Waals surface area contributed by atoms with Crippen LogP contribution in [-0.2, 0) is 16.0 Å². The fraction of sp³-hybridized carbons (Fsp3) is 0.500. The third-order valence-corrected chi connectivity index (χ3v) is 5.76. The first-order valence-corrected chi connectivity index (χ1v) is 8.95. The molecule has 0 fully saturated rings. The molecule has 0 saturated heterocycles. The van der Waals surface area contributed by atoms with E-state index < -0.39 is 5.97 Å². The number of aryl methyl sites for hydroxylation is 1. The molecule has 7 heteroatoms. The first-order chi connectivity index (χ1) is 11.8. The highest BCUT2D eigenvalue weighted by Gasteiger charge is 2.26. The average Bonchev–Trinajstić information content (AvgIpc) is 3.19. The van der Waals surface area contributed by atoms with Crippen LogP contribution < -0.4 is 0 Å². The van der Waals surface area contributed by atoms with Gasteiger partial charge >= 0.3 is 5.97 Å². The first kappa shape index (κ1) is 19.2. The molecule has 0 N–H and O–H groups in total. The zero-order chi connectivity index (χ0) is 18.7. The first-order valence-electron chi connectivity index (χ1n) is 8.13. The van der Waals surface area contributed by atoms with Gasteiger partial charge in [0, 0.05) is 17.8 Å². The quantitative estimate of drug-likeness (QED) is 0.731. The number of ether oxygens (including phenoxy) is 1. The molecule has 0 aliphatic heterocycles. The average molecular weight is 364 g/mol. The second kappa shape index (κ2) is 7.82. The number of aromatic nitrogens is 1. The lowest BCUT2D eigenvalue weighted by Gasteiger charge is -2.24. The summed E-state index contributed by atoms with van der Waals surface area (Å²) in [5, 5.41) is 1.06. The van der Waals surface area contributed by atoms with E-state index in [1.54, 1.807) is 29.4 Å². The van der Waals surface area contributed by atoms with E-state index in [1.807, 2.05) is 13.8 Å². The number of amides is 1. The van der Waals surface area contributed by atoms with Gasteiger partial charge < -0.3 is 14.1 Å². The number of carbonyl (C=O) groups is 2. The summed E-state index contributed by atoms with van der Waals surface area (Å²) in [6.45, 7) is 8.15. The van der Waals surface area contributed by atoms with Gasteiger partial charge in [-0.2, -0.15) is 0 Å². The molecule has 0 radical (unpaired) electrons. The molecule has 0 aromatic carbocycles. The highest BCUT2D eigenvalue weighted by Crippen LogP contribution is 2.32. The third kappa shape index (κ3) is 4.10. The zero-order valence-corrected chi connectivity index (χ0v) is 16.3. The number of rotatable bonds is 6. The molecule has 25 heavy (non-hydrogen) atoms. The van der Waals surface area contributed by atoms with Crippen molar-refractivity contribution in [1.82, 2.24) is 9.88 Å². The molecule has 0 spiro atoms. The molecule has 1 atom stereocenters. The lowest BCUT2D eigenvalue weighted by Crippen LogP contribution is -2.30. The number of esters is 1. The second-order valence-electron chi connectivity index (χ2n) is 6.26. The Kier molecular flexibility index (Phi) is 6.00. The Morgan fingerprint density at radius 1 is 1.36 bits per heavy atom. The summed E-state index contributed by atoms with van der Waals surface area (Å²) >= 11 is 1.63. The lowest BCUT2D eigenvalue weighted by molar-refractivity contribution is -0.140. The van der Waals surface area contributed by atoms with Crippen molar-refractivity contribution in [2.24, 2.45) is 0 Å². The molecular weight excluding hydrogens is 340 g/mol. The van der Waals surface area contributed by atoms with Crippen LogP contribution in [0, 0.1) is 6.92 Å². The standard InChI is InChI=1S/C18H24N2O4S/c1-10(2)17-19-11(3)16(25-17)12(4)20(5)18(22)13-7-8-24-14(13)9-15(21)23-6/h7-8,10,12H,9H2,1-6H3. The number of thiazole rings is 1. The molecule has 1 unspecified atom stereocenters. The predicted molar refractivity (Wildman–Crippen MR) is 95.9 cm³/mol. The fourth-order valence-electron chi connectivity index (χ4n) is 2.48. The Bertz CT molecular complexity index is 763. The van der Waals surface area contributed by atoms with Gasteiger partial charge in [-0.25, -0.2) is 4.98 Å². The molecule has 2 aromatic rings. The molecule has 0 saturated carbocycles. The maximum Gasteiger partial charge on any atom is 0.313 e. The minimum atomic E-state index is -0.445. The maximum atomic E-state index is 12.9. The van der Waals surface area contributed by atoms with Crippen LogP contribution in [0.4, 0.5) is 0 Å². The number of hydrogen-bond donors (Lipinski definition) is 0. The van der Waals surface area contributed by atoms with Gasteiger partial charge in [0.25, 0.3) is 5.91 Å². The number of methoxy groups -OCH3 is 1. The van der Waals surface area contributed by atoms with Gasteiger partial charge in [-0.3, -0.25) is 9.59 Å². The highest BCUT2D eigenvalue weighted by atomic mass is 32.1. The van der Waals surface area contributed by atoms with E-state index in [-0.39, 0.29) is 18.4 Å². The van der Waals surface area contributed by atoms with Gasteiger partial charge in [-0.1, -0.05) is 13.8 Å². The number of furan rings is 1. The van der Waals surface area contributed by atoms with Crippen LogP contribution in [-0.4, -0.2) is 35.9 Å². The van der Waals surface area contributed by atoms with Crippen molar-refractivity contribution in [3.8, 4) is 0 Å². The van der Waals surface area contributed by atoms with Crippen molar-refractivity contribution in [3.63, 3.8) is 0 Å². The summed E-state index contributed by atoms with van der Waals surface area (Å²) in [5.74, 6) is 0.0321. The fourth-order valence-corrected chi connectivity index (χ4v) is 3.64. The summed E-state index contributed by atoms with van der Waals surface area (Å²) in [6.07, 6.45) is 1.35. The van der Waals surface area contributed by atoms with E-state index >= 15 is 0 Å². The van der Waals surface area contributed by atoms with Crippen molar-refractivity contribution in [2.75, 3.05) is 14.2 Å². The molecular formula is C18H24N2O4S. The Hall–Kier alpha value is -2.15. The molecule has 0 bridgehead atoms. The van der Waals surface area contributed by atoms with Crippen LogP contribution in [0.15, 0.2) is 16.7 Å². The second-order valence-corrected chi connectivity index (χ2v) is 7.32. The largest absolute Gasteiger partial charge is 0.469 e. The summed E-state index contributed by atoms with van der Waals surface area (Å²) in [4.78, 5) is 31.7. The number of nitrogens with zero attached hydrogens (tertiary/aromatic N) is 2. The lowest BCUT2D eigenvalue weighted by atomic mass is 10.1. The molecule has 1 amide bonds. The number of carbonyl (C=O) groups excluding carboxylic acids is 2. The van der Waals surface area contributed by atoms with Crippen LogP contribution in [0.5, 0.6) is 0 Å². The molecule has 6 nitrogen and oxygen atoms in total. The van der Waals surface area contributed by atoms with Crippen molar-refractivity contribution >= 4 is 23.2 Å². The summed E-state index contributed by atoms with van der Waals surface area (Å²) < 4.78 is 9.94. The smallest absolute Gasteiger partial charge is 0.313 e. The molecule has 0 aliphatic carbocycles. The summed E-state index contributed by atoms with van der Waals surface area (Å²) in [5.41, 5.74) is 1.33. The van der Waals surface area contributed by atoms with Gasteiger partial charge in [0.1, 0.15) is 12.2 Å². The Morgan fingerprint density at radius 3 is 2.60 bits per heavy atom. The van der Waals surface area contributed by atoms with Crippen LogP contribution in [0.2, 0.25) is 0 Å². The van der Waals surface area contributed by atoms with Crippen LogP contribution in [0.1, 0.15) is 64.4 Å². The van der Waals surface area contributed by atoms with Crippen molar-refractivity contribution in [1.29, 1.82) is 0 Å². The SMILES string of the molecule is COC(=O)Cc1occc1C(=O)N(C)C(C)c1sc(C(C)C)nc1C. The molecule has 0 aliphatic rings. The van der Waals surface area contributed by atoms with Gasteiger partial charge in [-0.15, -0.1) is 11.3 Å². The zero-order valence-electron chi connectivity index (χ0n) is 15.5. The van der Waals surface area contributed by atoms with Crippen molar-refractivity contribution in [3.05, 3.63) is 39.2 Å². The molecule has 2 aromatic heterocycles. The summed E-state index contributed by atoms with van der Waals surface area (Å²) in [6, 6.07) is 1.46. The maximum absolute atomic E-state index is 12.9. The van der Waals surface area contributed by atoms with Crippen LogP contribution in [0.25, 0.3) is 0 Å². The molecule has 2 heterocycles. The van der Waals surface area contributed by atoms with Crippen LogP contribution >= 0.6 is 11.3 Å². The predicted octanol–water partition coefficient (Wildman–Crippen LogP) is 3.72. The van der Waals surface area contributed by atoms with Gasteiger partial charge in [-0.05, 0) is 19.9 Å². The van der Waals surface area contributed by atoms with E-state index in [1.165, 1.54) is 13.4 Å².